The van der Waals surface area contributed by atoms with Crippen molar-refractivity contribution in [3.8, 4) is 11.5 Å². The van der Waals surface area contributed by atoms with Crippen LogP contribution in [-0.4, -0.2) is 24.5 Å². The summed E-state index contributed by atoms with van der Waals surface area (Å²) in [6, 6.07) is 11.7. The lowest BCUT2D eigenvalue weighted by Gasteiger charge is -2.07. The van der Waals surface area contributed by atoms with Crippen molar-refractivity contribution in [3.05, 3.63) is 54.4 Å². The molecule has 0 amide bonds. The van der Waals surface area contributed by atoms with Crippen LogP contribution >= 0.6 is 11.8 Å². The Morgan fingerprint density at radius 3 is 2.58 bits per heavy atom. The van der Waals surface area contributed by atoms with Gasteiger partial charge in [0.1, 0.15) is 11.5 Å². The summed E-state index contributed by atoms with van der Waals surface area (Å²) in [5.41, 5.74) is 1.25. The van der Waals surface area contributed by atoms with Gasteiger partial charge in [0.2, 0.25) is 0 Å². The molecule has 2 rings (SSSR count). The second-order valence-corrected chi connectivity index (χ2v) is 5.04. The van der Waals surface area contributed by atoms with Crippen molar-refractivity contribution in [1.82, 2.24) is 4.98 Å². The summed E-state index contributed by atoms with van der Waals surface area (Å²) < 4.78 is 10.7. The molecule has 0 aliphatic carbocycles. The molecule has 0 unspecified atom stereocenters. The van der Waals surface area contributed by atoms with Gasteiger partial charge in [-0.2, -0.15) is 11.8 Å². The topological polar surface area (TPSA) is 31.4 Å². The van der Waals surface area contributed by atoms with Gasteiger partial charge in [-0.05, 0) is 35.9 Å². The molecule has 4 heteroatoms. The molecule has 1 aromatic carbocycles. The molecule has 1 aromatic heterocycles. The summed E-state index contributed by atoms with van der Waals surface area (Å²) in [5, 5.41) is 0. The largest absolute Gasteiger partial charge is 0.497 e. The summed E-state index contributed by atoms with van der Waals surface area (Å²) in [5.74, 6) is 3.65. The van der Waals surface area contributed by atoms with Crippen molar-refractivity contribution in [2.24, 2.45) is 0 Å². The Labute approximate surface area is 118 Å². The fourth-order valence-corrected chi connectivity index (χ4v) is 2.32. The maximum absolute atomic E-state index is 5.65. The Morgan fingerprint density at radius 1 is 1.11 bits per heavy atom. The Morgan fingerprint density at radius 2 is 1.89 bits per heavy atom. The van der Waals surface area contributed by atoms with E-state index >= 15 is 0 Å². The number of thioether (sulfide) groups is 1. The zero-order valence-corrected chi connectivity index (χ0v) is 11.7. The summed E-state index contributed by atoms with van der Waals surface area (Å²) >= 11 is 1.84. The zero-order chi connectivity index (χ0) is 13.3. The average molecular weight is 275 g/mol. The number of benzene rings is 1. The van der Waals surface area contributed by atoms with Gasteiger partial charge >= 0.3 is 0 Å². The number of ether oxygens (including phenoxy) is 2. The molecule has 0 saturated heterocycles. The molecule has 3 nitrogen and oxygen atoms in total. The van der Waals surface area contributed by atoms with Crippen molar-refractivity contribution in [2.75, 3.05) is 19.5 Å². The van der Waals surface area contributed by atoms with Gasteiger partial charge in [0, 0.05) is 23.9 Å². The molecule has 0 fully saturated rings. The standard InChI is InChI=1S/C15H17NO2S/c1-17-14-4-6-15(7-5-14)18-9-10-19-12-13-3-2-8-16-11-13/h2-8,11H,9-10,12H2,1H3. The normalized spacial score (nSPS) is 10.2. The second kappa shape index (κ2) is 7.69. The van der Waals surface area contributed by atoms with Crippen molar-refractivity contribution in [2.45, 2.75) is 5.75 Å². The fourth-order valence-electron chi connectivity index (χ4n) is 1.56. The van der Waals surface area contributed by atoms with E-state index in [-0.39, 0.29) is 0 Å². The van der Waals surface area contributed by atoms with Gasteiger partial charge in [-0.15, -0.1) is 0 Å². The quantitative estimate of drug-likeness (QED) is 0.725. The molecule has 0 aliphatic rings. The Hall–Kier alpha value is -1.68. The number of pyridine rings is 1. The average Bonchev–Trinajstić information content (AvgIpc) is 2.49. The van der Waals surface area contributed by atoms with Gasteiger partial charge in [-0.3, -0.25) is 4.98 Å². The van der Waals surface area contributed by atoms with Gasteiger partial charge in [0.25, 0.3) is 0 Å². The summed E-state index contributed by atoms with van der Waals surface area (Å²) in [6.07, 6.45) is 3.69. The van der Waals surface area contributed by atoms with E-state index in [1.165, 1.54) is 5.56 Å². The van der Waals surface area contributed by atoms with Crippen molar-refractivity contribution >= 4 is 11.8 Å². The number of hydrogen-bond acceptors (Lipinski definition) is 4. The lowest BCUT2D eigenvalue weighted by atomic mass is 10.3. The highest BCUT2D eigenvalue weighted by Crippen LogP contribution is 2.17. The zero-order valence-electron chi connectivity index (χ0n) is 10.9. The smallest absolute Gasteiger partial charge is 0.119 e. The first-order valence-corrected chi connectivity index (χ1v) is 7.27. The maximum atomic E-state index is 5.65. The first-order valence-electron chi connectivity index (χ1n) is 6.12. The molecule has 100 valence electrons. The van der Waals surface area contributed by atoms with Crippen molar-refractivity contribution < 1.29 is 9.47 Å². The van der Waals surface area contributed by atoms with Gasteiger partial charge in [0.05, 0.1) is 13.7 Å². The molecule has 0 saturated carbocycles. The number of rotatable bonds is 7. The third-order valence-corrected chi connectivity index (χ3v) is 3.54. The van der Waals surface area contributed by atoms with E-state index in [1.54, 1.807) is 13.3 Å². The number of nitrogens with zero attached hydrogens (tertiary/aromatic N) is 1. The van der Waals surface area contributed by atoms with Gasteiger partial charge in [-0.1, -0.05) is 6.07 Å². The molecule has 0 spiro atoms. The molecule has 1 heterocycles. The first-order chi connectivity index (χ1) is 9.38. The highest BCUT2D eigenvalue weighted by molar-refractivity contribution is 7.98. The van der Waals surface area contributed by atoms with E-state index in [0.717, 1.165) is 23.0 Å². The Bertz CT molecular complexity index is 473. The van der Waals surface area contributed by atoms with Crippen LogP contribution in [0.25, 0.3) is 0 Å². The van der Waals surface area contributed by atoms with Crippen molar-refractivity contribution in [3.63, 3.8) is 0 Å². The van der Waals surface area contributed by atoms with Crippen LogP contribution in [0.15, 0.2) is 48.8 Å². The molecule has 0 bridgehead atoms. The van der Waals surface area contributed by atoms with Gasteiger partial charge < -0.3 is 9.47 Å². The minimum absolute atomic E-state index is 0.706. The Kier molecular flexibility index (Phi) is 5.56. The first kappa shape index (κ1) is 13.7. The molecular weight excluding hydrogens is 258 g/mol. The highest BCUT2D eigenvalue weighted by Gasteiger charge is 1.96. The molecular formula is C15H17NO2S. The Balaban J connectivity index is 1.63. The predicted molar refractivity (Wildman–Crippen MR) is 78.9 cm³/mol. The third-order valence-electron chi connectivity index (χ3n) is 2.55. The van der Waals surface area contributed by atoms with Gasteiger partial charge in [-0.25, -0.2) is 0 Å². The predicted octanol–water partition coefficient (Wildman–Crippen LogP) is 3.40. The van der Waals surface area contributed by atoms with Crippen LogP contribution in [0.4, 0.5) is 0 Å². The van der Waals surface area contributed by atoms with E-state index in [4.69, 9.17) is 9.47 Å². The number of methoxy groups -OCH3 is 1. The fraction of sp³-hybridized carbons (Fsp3) is 0.267. The number of aromatic nitrogens is 1. The maximum Gasteiger partial charge on any atom is 0.119 e. The summed E-state index contributed by atoms with van der Waals surface area (Å²) in [7, 11) is 1.66. The lowest BCUT2D eigenvalue weighted by Crippen LogP contribution is -2.00. The number of hydrogen-bond donors (Lipinski definition) is 0. The molecule has 19 heavy (non-hydrogen) atoms. The van der Waals surface area contributed by atoms with Crippen LogP contribution in [0.3, 0.4) is 0 Å². The van der Waals surface area contributed by atoms with Crippen LogP contribution in [-0.2, 0) is 5.75 Å². The van der Waals surface area contributed by atoms with E-state index in [1.807, 2.05) is 48.3 Å². The summed E-state index contributed by atoms with van der Waals surface area (Å²) in [4.78, 5) is 4.09. The lowest BCUT2D eigenvalue weighted by molar-refractivity contribution is 0.342. The van der Waals surface area contributed by atoms with Crippen LogP contribution in [0.2, 0.25) is 0 Å². The SMILES string of the molecule is COc1ccc(OCCSCc2cccnc2)cc1. The minimum atomic E-state index is 0.706. The minimum Gasteiger partial charge on any atom is -0.497 e. The molecule has 0 aliphatic heterocycles. The monoisotopic (exact) mass is 275 g/mol. The molecule has 2 aromatic rings. The van der Waals surface area contributed by atoms with Crippen LogP contribution in [0, 0.1) is 0 Å². The molecule has 0 atom stereocenters. The summed E-state index contributed by atoms with van der Waals surface area (Å²) in [6.45, 7) is 0.706. The second-order valence-electron chi connectivity index (χ2n) is 3.94. The van der Waals surface area contributed by atoms with Crippen molar-refractivity contribution in [1.29, 1.82) is 0 Å². The van der Waals surface area contributed by atoms with E-state index in [0.29, 0.717) is 6.61 Å². The molecule has 0 radical (unpaired) electrons. The van der Waals surface area contributed by atoms with E-state index in [2.05, 4.69) is 11.1 Å². The van der Waals surface area contributed by atoms with Crippen LogP contribution < -0.4 is 9.47 Å². The third kappa shape index (κ3) is 4.83. The highest BCUT2D eigenvalue weighted by atomic mass is 32.2. The van der Waals surface area contributed by atoms with Crippen LogP contribution in [0.5, 0.6) is 11.5 Å². The van der Waals surface area contributed by atoms with Crippen LogP contribution in [0.1, 0.15) is 5.56 Å². The van der Waals surface area contributed by atoms with E-state index in [9.17, 15) is 0 Å². The van der Waals surface area contributed by atoms with E-state index < -0.39 is 0 Å². The molecule has 0 N–H and O–H groups in total. The van der Waals surface area contributed by atoms with Gasteiger partial charge in [0.15, 0.2) is 0 Å².